The Labute approximate surface area is 250 Å². The highest BCUT2D eigenvalue weighted by Crippen LogP contribution is 2.36. The lowest BCUT2D eigenvalue weighted by Crippen LogP contribution is -2.50. The number of aliphatic hydroxyl groups is 1. The smallest absolute Gasteiger partial charge is 0.321 e. The fourth-order valence-electron chi connectivity index (χ4n) is 4.61. The van der Waals surface area contributed by atoms with Crippen LogP contribution in [0.2, 0.25) is 0 Å². The number of carbonyl (C=O) groups is 2. The molecule has 0 aromatic heterocycles. The van der Waals surface area contributed by atoms with Crippen molar-refractivity contribution in [2.24, 2.45) is 5.92 Å². The fraction of sp³-hybridized carbons (Fsp3) is 0.333. The number of amides is 3. The molecule has 3 amide bonds. The Morgan fingerprint density at radius 2 is 1.84 bits per heavy atom. The monoisotopic (exact) mass is 614 g/mol. The van der Waals surface area contributed by atoms with Gasteiger partial charge in [-0.15, -0.1) is 0 Å². The van der Waals surface area contributed by atoms with Crippen molar-refractivity contribution in [1.82, 2.24) is 9.80 Å². The van der Waals surface area contributed by atoms with Gasteiger partial charge in [-0.25, -0.2) is 17.6 Å². The van der Waals surface area contributed by atoms with E-state index >= 15 is 0 Å². The van der Waals surface area contributed by atoms with Crippen LogP contribution < -0.4 is 19.5 Å². The van der Waals surface area contributed by atoms with Gasteiger partial charge in [0.05, 0.1) is 42.4 Å². The molecule has 11 nitrogen and oxygen atoms in total. The predicted molar refractivity (Wildman–Crippen MR) is 159 cm³/mol. The maximum absolute atomic E-state index is 13.7. The summed E-state index contributed by atoms with van der Waals surface area (Å²) in [6.07, 6.45) is -0.691. The van der Waals surface area contributed by atoms with Gasteiger partial charge in [-0.1, -0.05) is 13.0 Å². The van der Waals surface area contributed by atoms with Crippen LogP contribution in [0.5, 0.6) is 11.5 Å². The van der Waals surface area contributed by atoms with Crippen molar-refractivity contribution in [2.75, 3.05) is 43.9 Å². The Morgan fingerprint density at radius 1 is 1.16 bits per heavy atom. The van der Waals surface area contributed by atoms with Crippen molar-refractivity contribution in [1.29, 1.82) is 0 Å². The Bertz CT molecular complexity index is 1550. The molecule has 0 bridgehead atoms. The topological polar surface area (TPSA) is 138 Å². The van der Waals surface area contributed by atoms with Crippen LogP contribution in [0.4, 0.5) is 20.6 Å². The van der Waals surface area contributed by atoms with Crippen LogP contribution in [0, 0.1) is 11.7 Å². The number of benzene rings is 3. The number of nitrogens with zero attached hydrogens (tertiary/aromatic N) is 2. The normalized spacial score (nSPS) is 17.5. The highest BCUT2D eigenvalue weighted by Gasteiger charge is 2.35. The number of anilines is 2. The number of para-hydroxylation sites is 1. The maximum Gasteiger partial charge on any atom is 0.321 e. The van der Waals surface area contributed by atoms with Crippen molar-refractivity contribution in [3.8, 4) is 11.5 Å². The second-order valence-corrected chi connectivity index (χ2v) is 12.1. The molecule has 230 valence electrons. The number of ether oxygens (including phenoxy) is 2. The molecular weight excluding hydrogens is 579 g/mol. The summed E-state index contributed by atoms with van der Waals surface area (Å²) in [5.41, 5.74) is 0.638. The zero-order chi connectivity index (χ0) is 31.3. The molecule has 1 heterocycles. The number of hydrogen-bond donors (Lipinski definition) is 3. The summed E-state index contributed by atoms with van der Waals surface area (Å²) in [6, 6.07) is 14.7. The average Bonchev–Trinajstić information content (AvgIpc) is 2.99. The van der Waals surface area contributed by atoms with Gasteiger partial charge < -0.3 is 29.7 Å². The molecule has 0 unspecified atom stereocenters. The molecule has 3 aromatic rings. The van der Waals surface area contributed by atoms with Gasteiger partial charge in [0.25, 0.3) is 15.9 Å². The van der Waals surface area contributed by atoms with E-state index in [4.69, 9.17) is 9.47 Å². The molecule has 0 aliphatic carbocycles. The largest absolute Gasteiger partial charge is 0.497 e. The van der Waals surface area contributed by atoms with E-state index in [9.17, 15) is 27.5 Å². The quantitative estimate of drug-likeness (QED) is 0.331. The van der Waals surface area contributed by atoms with Gasteiger partial charge >= 0.3 is 6.03 Å². The molecule has 0 fully saturated rings. The van der Waals surface area contributed by atoms with Gasteiger partial charge in [0.1, 0.15) is 17.7 Å². The number of fused-ring (bicyclic) bond motifs is 1. The number of urea groups is 1. The van der Waals surface area contributed by atoms with Gasteiger partial charge in [-0.05, 0) is 67.6 Å². The Balaban J connectivity index is 1.66. The fourth-order valence-corrected chi connectivity index (χ4v) is 5.67. The van der Waals surface area contributed by atoms with Gasteiger partial charge in [0.2, 0.25) is 0 Å². The van der Waals surface area contributed by atoms with Crippen LogP contribution in [0.15, 0.2) is 71.6 Å². The lowest BCUT2D eigenvalue weighted by atomic mass is 9.99. The van der Waals surface area contributed by atoms with E-state index in [-0.39, 0.29) is 47.5 Å². The van der Waals surface area contributed by atoms with Gasteiger partial charge in [0, 0.05) is 25.2 Å². The number of likely N-dealkylation sites (N-methyl/N-ethyl adjacent to an activating group) is 1. The van der Waals surface area contributed by atoms with Crippen LogP contribution in [-0.4, -0.2) is 81.3 Å². The van der Waals surface area contributed by atoms with E-state index in [0.29, 0.717) is 11.4 Å². The van der Waals surface area contributed by atoms with Gasteiger partial charge in [0.15, 0.2) is 5.75 Å². The summed E-state index contributed by atoms with van der Waals surface area (Å²) in [4.78, 5) is 29.5. The third-order valence-corrected chi connectivity index (χ3v) is 8.58. The summed E-state index contributed by atoms with van der Waals surface area (Å²) in [5.74, 6) is -0.759. The number of aliphatic hydroxyl groups excluding tert-OH is 1. The molecular formula is C30H35FN4O7S. The van der Waals surface area contributed by atoms with Gasteiger partial charge in [-0.2, -0.15) is 0 Å². The van der Waals surface area contributed by atoms with Crippen LogP contribution in [0.25, 0.3) is 0 Å². The molecule has 1 aliphatic heterocycles. The molecule has 4 rings (SSSR count). The summed E-state index contributed by atoms with van der Waals surface area (Å²) in [7, 11) is -1.05. The standard InChI is InChI=1S/C30H35FN4O7S/c1-19-16-35(20(2)18-36)29(37)25-6-5-7-26(33-43(39,40)24-14-8-21(31)9-15-24)28(25)42-27(19)17-34(3)30(38)32-22-10-12-23(41-4)13-11-22/h5-15,19-20,27,33,36H,16-18H2,1-4H3,(H,32,38)/t19-,20-,27-/m0/s1. The van der Waals surface area contributed by atoms with Crippen LogP contribution >= 0.6 is 0 Å². The summed E-state index contributed by atoms with van der Waals surface area (Å²) < 4.78 is 53.8. The van der Waals surface area contributed by atoms with Crippen LogP contribution in [-0.2, 0) is 10.0 Å². The summed E-state index contributed by atoms with van der Waals surface area (Å²) in [6.45, 7) is 3.56. The number of sulfonamides is 1. The Morgan fingerprint density at radius 3 is 2.47 bits per heavy atom. The lowest BCUT2D eigenvalue weighted by Gasteiger charge is -2.38. The second kappa shape index (κ2) is 13.3. The van der Waals surface area contributed by atoms with Crippen molar-refractivity contribution < 1.29 is 37.0 Å². The molecule has 13 heteroatoms. The van der Waals surface area contributed by atoms with E-state index in [1.54, 1.807) is 45.3 Å². The molecule has 0 saturated carbocycles. The van der Waals surface area contributed by atoms with E-state index in [1.165, 1.54) is 28.0 Å². The molecule has 3 aromatic carbocycles. The van der Waals surface area contributed by atoms with Gasteiger partial charge in [-0.3, -0.25) is 9.52 Å². The summed E-state index contributed by atoms with van der Waals surface area (Å²) >= 11 is 0. The molecule has 0 spiro atoms. The van der Waals surface area contributed by atoms with E-state index in [0.717, 1.165) is 24.3 Å². The highest BCUT2D eigenvalue weighted by molar-refractivity contribution is 7.92. The molecule has 1 aliphatic rings. The minimum Gasteiger partial charge on any atom is -0.497 e. The number of carbonyl (C=O) groups excluding carboxylic acids is 2. The molecule has 0 radical (unpaired) electrons. The number of hydrogen-bond acceptors (Lipinski definition) is 7. The van der Waals surface area contributed by atoms with Crippen molar-refractivity contribution >= 4 is 33.3 Å². The minimum absolute atomic E-state index is 0.00351. The van der Waals surface area contributed by atoms with E-state index in [1.807, 2.05) is 6.92 Å². The lowest BCUT2D eigenvalue weighted by molar-refractivity contribution is 0.0373. The first kappa shape index (κ1) is 31.6. The van der Waals surface area contributed by atoms with Crippen LogP contribution in [0.3, 0.4) is 0 Å². The predicted octanol–water partition coefficient (Wildman–Crippen LogP) is 4.02. The Kier molecular flexibility index (Phi) is 9.77. The Hall–Kier alpha value is -4.36. The average molecular weight is 615 g/mol. The number of halogens is 1. The highest BCUT2D eigenvalue weighted by atomic mass is 32.2. The maximum atomic E-state index is 13.7. The van der Waals surface area contributed by atoms with E-state index in [2.05, 4.69) is 10.0 Å². The molecule has 43 heavy (non-hydrogen) atoms. The molecule has 3 atom stereocenters. The van der Waals surface area contributed by atoms with Crippen molar-refractivity contribution in [2.45, 2.75) is 30.9 Å². The summed E-state index contributed by atoms with van der Waals surface area (Å²) in [5, 5.41) is 12.7. The SMILES string of the molecule is COc1ccc(NC(=O)N(C)C[C@@H]2Oc3c(NS(=O)(=O)c4ccc(F)cc4)cccc3C(=O)N([C@@H](C)CO)C[C@@H]2C)cc1. The van der Waals surface area contributed by atoms with E-state index < -0.39 is 39.9 Å². The zero-order valence-electron chi connectivity index (χ0n) is 24.3. The van der Waals surface area contributed by atoms with Crippen molar-refractivity contribution in [3.05, 3.63) is 78.1 Å². The third-order valence-electron chi connectivity index (χ3n) is 7.20. The first-order valence-electron chi connectivity index (χ1n) is 13.6. The zero-order valence-corrected chi connectivity index (χ0v) is 25.1. The number of methoxy groups -OCH3 is 1. The minimum atomic E-state index is -4.19. The molecule has 3 N–H and O–H groups in total. The third kappa shape index (κ3) is 7.35. The van der Waals surface area contributed by atoms with Crippen LogP contribution in [0.1, 0.15) is 24.2 Å². The first-order chi connectivity index (χ1) is 20.4. The number of nitrogens with one attached hydrogen (secondary N) is 2. The number of rotatable bonds is 9. The first-order valence-corrected chi connectivity index (χ1v) is 15.1. The second-order valence-electron chi connectivity index (χ2n) is 10.4. The molecule has 0 saturated heterocycles. The van der Waals surface area contributed by atoms with Crippen molar-refractivity contribution in [3.63, 3.8) is 0 Å².